The van der Waals surface area contributed by atoms with Crippen molar-refractivity contribution in [2.24, 2.45) is 5.92 Å². The molecular weight excluding hydrogens is 595 g/mol. The molecule has 1 aliphatic heterocycles. The third kappa shape index (κ3) is 12.0. The first-order valence-corrected chi connectivity index (χ1v) is 12.8. The van der Waals surface area contributed by atoms with Crippen molar-refractivity contribution in [3.63, 3.8) is 0 Å². The van der Waals surface area contributed by atoms with Crippen LogP contribution in [0.4, 0.5) is 0 Å². The van der Waals surface area contributed by atoms with Crippen LogP contribution in [0.15, 0.2) is 0 Å². The number of aliphatic hydroxyl groups is 1. The zero-order valence-corrected chi connectivity index (χ0v) is 26.1. The molecule has 39 heavy (non-hydrogen) atoms. The molecule has 8 atom stereocenters. The summed E-state index contributed by atoms with van der Waals surface area (Å²) in [7, 11) is 3.07. The second-order valence-electron chi connectivity index (χ2n) is 9.51. The minimum atomic E-state index is -0.965. The first-order chi connectivity index (χ1) is 18.0. The molecule has 14 heteroatoms. The van der Waals surface area contributed by atoms with Gasteiger partial charge in [0.15, 0.2) is 12.4 Å². The minimum absolute atomic E-state index is 0. The molecule has 2 rings (SSSR count). The minimum Gasteiger partial charge on any atom is -0.463 e. The molecule has 0 aromatic carbocycles. The molecule has 0 bridgehead atoms. The Morgan fingerprint density at radius 2 is 1.62 bits per heavy atom. The maximum Gasteiger partial charge on any atom is 0.303 e. The van der Waals surface area contributed by atoms with Gasteiger partial charge in [0.2, 0.25) is 5.91 Å². The molecule has 1 saturated carbocycles. The summed E-state index contributed by atoms with van der Waals surface area (Å²) >= 11 is 0. The van der Waals surface area contributed by atoms with Gasteiger partial charge >= 0.3 is 17.9 Å². The normalized spacial score (nSPS) is 30.1. The number of carbonyl (C=O) groups excluding carboxylic acids is 4. The summed E-state index contributed by atoms with van der Waals surface area (Å²) in [6.45, 7) is 4.11. The summed E-state index contributed by atoms with van der Waals surface area (Å²) in [6.07, 6.45) is -2.71. The number of methoxy groups -OCH3 is 2. The van der Waals surface area contributed by atoms with E-state index in [1.165, 1.54) is 27.9 Å². The van der Waals surface area contributed by atoms with Gasteiger partial charge in [-0.2, -0.15) is 0 Å². The van der Waals surface area contributed by atoms with Gasteiger partial charge in [-0.25, -0.2) is 0 Å². The average molecular weight is 637 g/mol. The van der Waals surface area contributed by atoms with E-state index >= 15 is 0 Å². The summed E-state index contributed by atoms with van der Waals surface area (Å²) < 4.78 is 37.8. The molecule has 1 heterocycles. The Hall–Kier alpha value is -1.22. The Kier molecular flexibility index (Phi) is 16.8. The number of aliphatic hydroxyl groups excluding tert-OH is 1. The molecule has 0 aromatic heterocycles. The first-order valence-electron chi connectivity index (χ1n) is 12.8. The van der Waals surface area contributed by atoms with Gasteiger partial charge in [-0.3, -0.25) is 19.2 Å². The van der Waals surface area contributed by atoms with Crippen molar-refractivity contribution < 1.29 is 90.2 Å². The Balaban J connectivity index is 0.00000760. The number of esters is 3. The Morgan fingerprint density at radius 1 is 0.923 bits per heavy atom. The first kappa shape index (κ1) is 35.8. The van der Waals surface area contributed by atoms with Crippen LogP contribution >= 0.6 is 0 Å². The number of hydrogen-bond acceptors (Lipinski definition) is 12. The number of hydrogen-bond donors (Lipinski definition) is 2. The average Bonchev–Trinajstić information content (AvgIpc) is 3.12. The standard InChI is InChI=1S/C25H41NO12.Y/c1-14(27)35-13-20-25(37-16(3)29)19(36-15(2)28)11-22(38-20)34-9-7-6-8-21(30)26-18-10-17(12-32-4)23(31)24(18)33-5;/h17-20,22-25,31H,6-13H2,1-5H3,(H,26,30);/t17?,18-,19?,20?,22?,23?,24?,25?;/m0./s1. The molecule has 0 aromatic rings. The Morgan fingerprint density at radius 3 is 2.21 bits per heavy atom. The monoisotopic (exact) mass is 636 g/mol. The second-order valence-corrected chi connectivity index (χ2v) is 9.51. The zero-order valence-electron chi connectivity index (χ0n) is 23.3. The van der Waals surface area contributed by atoms with Gasteiger partial charge in [0.05, 0.1) is 18.8 Å². The van der Waals surface area contributed by atoms with E-state index in [2.05, 4.69) is 5.32 Å². The molecule has 2 fully saturated rings. The fraction of sp³-hybridized carbons (Fsp3) is 0.840. The van der Waals surface area contributed by atoms with Gasteiger partial charge in [0.1, 0.15) is 24.9 Å². The molecule has 221 valence electrons. The maximum absolute atomic E-state index is 12.5. The van der Waals surface area contributed by atoms with Crippen LogP contribution < -0.4 is 5.32 Å². The summed E-state index contributed by atoms with van der Waals surface area (Å²) in [5.41, 5.74) is 0. The van der Waals surface area contributed by atoms with Crippen LogP contribution in [0.5, 0.6) is 0 Å². The van der Waals surface area contributed by atoms with Crippen molar-refractivity contribution in [1.29, 1.82) is 0 Å². The summed E-state index contributed by atoms with van der Waals surface area (Å²) in [5, 5.41) is 13.3. The van der Waals surface area contributed by atoms with Crippen molar-refractivity contribution in [3.8, 4) is 0 Å². The van der Waals surface area contributed by atoms with Gasteiger partial charge in [0, 0.05) is 93.1 Å². The Labute approximate surface area is 254 Å². The van der Waals surface area contributed by atoms with E-state index in [0.717, 1.165) is 0 Å². The van der Waals surface area contributed by atoms with E-state index in [0.29, 0.717) is 25.9 Å². The van der Waals surface area contributed by atoms with Gasteiger partial charge < -0.3 is 43.6 Å². The summed E-state index contributed by atoms with van der Waals surface area (Å²) in [4.78, 5) is 47.0. The number of unbranched alkanes of at least 4 members (excludes halogenated alkanes) is 1. The fourth-order valence-electron chi connectivity index (χ4n) is 4.82. The smallest absolute Gasteiger partial charge is 0.303 e. The summed E-state index contributed by atoms with van der Waals surface area (Å²) in [6, 6.07) is -0.299. The zero-order chi connectivity index (χ0) is 28.2. The number of rotatable bonds is 14. The Bertz CT molecular complexity index is 799. The van der Waals surface area contributed by atoms with Crippen LogP contribution in [-0.4, -0.2) is 106 Å². The van der Waals surface area contributed by atoms with Crippen LogP contribution in [0.1, 0.15) is 52.9 Å². The van der Waals surface area contributed by atoms with E-state index in [4.69, 9.17) is 33.2 Å². The van der Waals surface area contributed by atoms with E-state index in [1.54, 1.807) is 7.11 Å². The molecule has 0 spiro atoms. The van der Waals surface area contributed by atoms with Crippen molar-refractivity contribution in [2.45, 2.75) is 95.7 Å². The molecule has 1 aliphatic carbocycles. The largest absolute Gasteiger partial charge is 0.463 e. The molecule has 1 saturated heterocycles. The molecule has 2 aliphatic rings. The van der Waals surface area contributed by atoms with Gasteiger partial charge in [-0.1, -0.05) is 0 Å². The van der Waals surface area contributed by atoms with Crippen LogP contribution in [0.2, 0.25) is 0 Å². The third-order valence-electron chi connectivity index (χ3n) is 6.43. The van der Waals surface area contributed by atoms with E-state index in [9.17, 15) is 24.3 Å². The third-order valence-corrected chi connectivity index (χ3v) is 6.43. The number of carbonyl (C=O) groups is 4. The van der Waals surface area contributed by atoms with Gasteiger partial charge in [-0.05, 0) is 19.3 Å². The predicted molar refractivity (Wildman–Crippen MR) is 130 cm³/mol. The van der Waals surface area contributed by atoms with Gasteiger partial charge in [-0.15, -0.1) is 0 Å². The van der Waals surface area contributed by atoms with E-state index in [-0.39, 0.29) is 76.6 Å². The maximum atomic E-state index is 12.5. The van der Waals surface area contributed by atoms with Crippen LogP contribution in [0.3, 0.4) is 0 Å². The van der Waals surface area contributed by atoms with Crippen molar-refractivity contribution in [2.75, 3.05) is 34.0 Å². The van der Waals surface area contributed by atoms with Gasteiger partial charge in [0.25, 0.3) is 0 Å². The summed E-state index contributed by atoms with van der Waals surface area (Å²) in [5.74, 6) is -1.97. The number of nitrogens with one attached hydrogen (secondary N) is 1. The van der Waals surface area contributed by atoms with E-state index < -0.39 is 54.7 Å². The SMILES string of the molecule is COCC1C[C@H](NC(=O)CCCCOC2CC(OC(C)=O)C(OC(C)=O)C(COC(C)=O)O2)C(OC)C1O.[Y]. The molecule has 13 nitrogen and oxygen atoms in total. The molecular formula is C25H41NO12Y. The molecule has 1 amide bonds. The van der Waals surface area contributed by atoms with Crippen LogP contribution in [0, 0.1) is 5.92 Å². The molecule has 1 radical (unpaired) electrons. The van der Waals surface area contributed by atoms with Crippen LogP contribution in [-0.2, 0) is 85.0 Å². The fourth-order valence-corrected chi connectivity index (χ4v) is 4.82. The van der Waals surface area contributed by atoms with E-state index in [1.807, 2.05) is 0 Å². The number of amides is 1. The molecule has 2 N–H and O–H groups in total. The van der Waals surface area contributed by atoms with Crippen molar-refractivity contribution >= 4 is 23.8 Å². The second kappa shape index (κ2) is 18.3. The van der Waals surface area contributed by atoms with Crippen molar-refractivity contribution in [3.05, 3.63) is 0 Å². The van der Waals surface area contributed by atoms with Crippen LogP contribution in [0.25, 0.3) is 0 Å². The van der Waals surface area contributed by atoms with Crippen molar-refractivity contribution in [1.82, 2.24) is 5.32 Å². The predicted octanol–water partition coefficient (Wildman–Crippen LogP) is 0.239. The number of ether oxygens (including phenoxy) is 7. The topological polar surface area (TPSA) is 165 Å². The molecule has 7 unspecified atom stereocenters. The quantitative estimate of drug-likeness (QED) is 0.152.